The van der Waals surface area contributed by atoms with Gasteiger partial charge in [0.05, 0.1) is 29.6 Å². The number of nitro groups is 1. The van der Waals surface area contributed by atoms with Gasteiger partial charge in [0.1, 0.15) is 29.2 Å². The molecule has 146 valence electrons. The summed E-state index contributed by atoms with van der Waals surface area (Å²) in [5, 5.41) is 14.2. The van der Waals surface area contributed by atoms with Crippen molar-refractivity contribution in [3.05, 3.63) is 70.7 Å². The molecular formula is C17H12F2N8O2. The van der Waals surface area contributed by atoms with E-state index in [0.29, 0.717) is 11.3 Å². The van der Waals surface area contributed by atoms with E-state index in [1.54, 1.807) is 6.92 Å². The molecule has 4 rings (SSSR count). The third kappa shape index (κ3) is 3.54. The van der Waals surface area contributed by atoms with Crippen molar-refractivity contribution in [3.8, 4) is 11.5 Å². The maximum absolute atomic E-state index is 13.6. The van der Waals surface area contributed by atoms with Gasteiger partial charge < -0.3 is 5.32 Å². The molecule has 0 saturated carbocycles. The van der Waals surface area contributed by atoms with Gasteiger partial charge >= 0.3 is 5.69 Å². The first-order valence-electron chi connectivity index (χ1n) is 8.31. The van der Waals surface area contributed by atoms with Crippen LogP contribution >= 0.6 is 0 Å². The molecule has 10 nitrogen and oxygen atoms in total. The number of pyridine rings is 1. The summed E-state index contributed by atoms with van der Waals surface area (Å²) in [7, 11) is 0. The molecule has 0 aliphatic rings. The lowest BCUT2D eigenvalue weighted by Crippen LogP contribution is -2.13. The van der Waals surface area contributed by atoms with Crippen LogP contribution in [0.1, 0.15) is 18.8 Å². The van der Waals surface area contributed by atoms with E-state index in [1.165, 1.54) is 28.9 Å². The average molecular weight is 398 g/mol. The first-order valence-corrected chi connectivity index (χ1v) is 8.31. The fourth-order valence-electron chi connectivity index (χ4n) is 2.67. The van der Waals surface area contributed by atoms with E-state index in [9.17, 15) is 18.9 Å². The fourth-order valence-corrected chi connectivity index (χ4v) is 2.67. The van der Waals surface area contributed by atoms with Crippen molar-refractivity contribution < 1.29 is 13.7 Å². The highest BCUT2D eigenvalue weighted by atomic mass is 19.1. The number of nitrogens with one attached hydrogen (secondary N) is 1. The molecule has 0 radical (unpaired) electrons. The van der Waals surface area contributed by atoms with Crippen LogP contribution in [0.2, 0.25) is 0 Å². The smallest absolute Gasteiger partial charge is 0.329 e. The van der Waals surface area contributed by atoms with Gasteiger partial charge in [0.25, 0.3) is 0 Å². The number of halogens is 2. The second-order valence-corrected chi connectivity index (χ2v) is 6.03. The molecule has 12 heteroatoms. The monoisotopic (exact) mass is 398 g/mol. The number of hydrogen-bond acceptors (Lipinski definition) is 8. The maximum Gasteiger partial charge on any atom is 0.329 e. The van der Waals surface area contributed by atoms with Crippen molar-refractivity contribution in [1.29, 1.82) is 0 Å². The summed E-state index contributed by atoms with van der Waals surface area (Å²) in [6, 6.07) is 2.13. The Bertz CT molecular complexity index is 1210. The van der Waals surface area contributed by atoms with Crippen LogP contribution in [-0.2, 0) is 0 Å². The van der Waals surface area contributed by atoms with E-state index in [4.69, 9.17) is 0 Å². The summed E-state index contributed by atoms with van der Waals surface area (Å²) in [5.41, 5.74) is 0.441. The van der Waals surface area contributed by atoms with Crippen LogP contribution in [0.15, 0.2) is 43.1 Å². The normalized spacial score (nSPS) is 12.1. The molecule has 0 aliphatic heterocycles. The van der Waals surface area contributed by atoms with Crippen LogP contribution in [0.4, 0.5) is 20.3 Å². The van der Waals surface area contributed by atoms with Crippen molar-refractivity contribution in [3.63, 3.8) is 0 Å². The Kier molecular flexibility index (Phi) is 4.50. The van der Waals surface area contributed by atoms with Crippen LogP contribution in [0.25, 0.3) is 17.2 Å². The van der Waals surface area contributed by atoms with Crippen molar-refractivity contribution in [2.45, 2.75) is 13.0 Å². The highest BCUT2D eigenvalue weighted by molar-refractivity contribution is 5.63. The number of hydrogen-bond donors (Lipinski definition) is 1. The zero-order valence-corrected chi connectivity index (χ0v) is 14.8. The molecule has 4 heterocycles. The number of nitrogens with zero attached hydrogens (tertiary/aromatic N) is 7. The van der Waals surface area contributed by atoms with Gasteiger partial charge in [-0.3, -0.25) is 14.5 Å². The Hall–Kier alpha value is -4.09. The van der Waals surface area contributed by atoms with E-state index in [-0.39, 0.29) is 23.2 Å². The van der Waals surface area contributed by atoms with Gasteiger partial charge in [-0.1, -0.05) is 0 Å². The highest BCUT2D eigenvalue weighted by Gasteiger charge is 2.22. The minimum Gasteiger partial charge on any atom is -0.354 e. The molecule has 4 aromatic heterocycles. The van der Waals surface area contributed by atoms with E-state index in [0.717, 1.165) is 18.6 Å². The number of rotatable bonds is 5. The standard InChI is InChI=1S/C17H12F2N8O2/c1-9(15-21-4-11(19)5-22-15)24-17-13(27(28)29)7-23-16(25-17)12-6-20-14-3-2-10(18)8-26(12)14/h2-9H,1H3,(H,23,24,25). The van der Waals surface area contributed by atoms with Gasteiger partial charge in [-0.2, -0.15) is 0 Å². The van der Waals surface area contributed by atoms with E-state index in [1.807, 2.05) is 0 Å². The summed E-state index contributed by atoms with van der Waals surface area (Å²) in [6.45, 7) is 1.64. The number of imidazole rings is 1. The van der Waals surface area contributed by atoms with Gasteiger partial charge in [0.2, 0.25) is 5.82 Å². The largest absolute Gasteiger partial charge is 0.354 e. The van der Waals surface area contributed by atoms with Crippen molar-refractivity contribution in [2.75, 3.05) is 5.32 Å². The number of aromatic nitrogens is 6. The predicted octanol–water partition coefficient (Wildman–Crippen LogP) is 2.94. The molecule has 0 bridgehead atoms. The molecule has 0 saturated heterocycles. The molecule has 4 aromatic rings. The summed E-state index contributed by atoms with van der Waals surface area (Å²) < 4.78 is 28.1. The summed E-state index contributed by atoms with van der Waals surface area (Å²) in [4.78, 5) is 30.8. The molecule has 0 spiro atoms. The minimum atomic E-state index is -0.640. The van der Waals surface area contributed by atoms with Crippen LogP contribution < -0.4 is 5.32 Å². The molecule has 0 fully saturated rings. The molecule has 0 aromatic carbocycles. The third-order valence-corrected chi connectivity index (χ3v) is 4.05. The number of anilines is 1. The zero-order chi connectivity index (χ0) is 20.5. The predicted molar refractivity (Wildman–Crippen MR) is 96.9 cm³/mol. The van der Waals surface area contributed by atoms with Gasteiger partial charge in [0, 0.05) is 6.20 Å². The lowest BCUT2D eigenvalue weighted by atomic mass is 10.3. The van der Waals surface area contributed by atoms with E-state index >= 15 is 0 Å². The lowest BCUT2D eigenvalue weighted by Gasteiger charge is -2.13. The highest BCUT2D eigenvalue weighted by Crippen LogP contribution is 2.28. The Balaban J connectivity index is 1.75. The van der Waals surface area contributed by atoms with Crippen molar-refractivity contribution >= 4 is 17.2 Å². The second kappa shape index (κ2) is 7.14. The maximum atomic E-state index is 13.6. The zero-order valence-electron chi connectivity index (χ0n) is 14.8. The van der Waals surface area contributed by atoms with E-state index < -0.39 is 22.6 Å². The van der Waals surface area contributed by atoms with Crippen LogP contribution in [0, 0.1) is 21.7 Å². The molecule has 1 N–H and O–H groups in total. The molecule has 29 heavy (non-hydrogen) atoms. The van der Waals surface area contributed by atoms with Crippen LogP contribution in [0.3, 0.4) is 0 Å². The van der Waals surface area contributed by atoms with Crippen molar-refractivity contribution in [1.82, 2.24) is 29.3 Å². The average Bonchev–Trinajstić information content (AvgIpc) is 3.11. The van der Waals surface area contributed by atoms with Crippen LogP contribution in [0.5, 0.6) is 0 Å². The third-order valence-electron chi connectivity index (χ3n) is 4.05. The summed E-state index contributed by atoms with van der Waals surface area (Å²) in [6.07, 6.45) is 5.68. The Labute approximate surface area is 161 Å². The molecule has 1 atom stereocenters. The lowest BCUT2D eigenvalue weighted by molar-refractivity contribution is -0.384. The van der Waals surface area contributed by atoms with Gasteiger partial charge in [0.15, 0.2) is 11.6 Å². The first kappa shape index (κ1) is 18.3. The molecule has 0 amide bonds. The fraction of sp³-hybridized carbons (Fsp3) is 0.118. The van der Waals surface area contributed by atoms with Gasteiger partial charge in [-0.05, 0) is 19.1 Å². The topological polar surface area (TPSA) is 124 Å². The quantitative estimate of drug-likeness (QED) is 0.402. The summed E-state index contributed by atoms with van der Waals surface area (Å²) in [5.74, 6) is -0.858. The minimum absolute atomic E-state index is 0.0909. The van der Waals surface area contributed by atoms with Gasteiger partial charge in [-0.25, -0.2) is 33.7 Å². The second-order valence-electron chi connectivity index (χ2n) is 6.03. The van der Waals surface area contributed by atoms with Crippen molar-refractivity contribution in [2.24, 2.45) is 0 Å². The van der Waals surface area contributed by atoms with E-state index in [2.05, 4.69) is 30.2 Å². The Morgan fingerprint density at radius 3 is 2.55 bits per heavy atom. The van der Waals surface area contributed by atoms with Crippen LogP contribution in [-0.4, -0.2) is 34.2 Å². The SMILES string of the molecule is CC(Nc1nc(-c2cnc3ccc(F)cn23)ncc1[N+](=O)[O-])c1ncc(F)cn1. The first-order chi connectivity index (χ1) is 13.9. The molecular weight excluding hydrogens is 386 g/mol. The molecule has 1 unspecified atom stereocenters. The van der Waals surface area contributed by atoms with Gasteiger partial charge in [-0.15, -0.1) is 0 Å². The molecule has 0 aliphatic carbocycles. The summed E-state index contributed by atoms with van der Waals surface area (Å²) >= 11 is 0. The number of fused-ring (bicyclic) bond motifs is 1. The Morgan fingerprint density at radius 1 is 1.07 bits per heavy atom. The Morgan fingerprint density at radius 2 is 1.83 bits per heavy atom.